The Morgan fingerprint density at radius 2 is 0.932 bits per heavy atom. The Hall–Kier alpha value is -5.90. The predicted molar refractivity (Wildman–Crippen MR) is 568 cm³/mol. The molecule has 31 heteroatoms. The van der Waals surface area contributed by atoms with Crippen LogP contribution in [0.15, 0.2) is 256 Å². The average Bonchev–Trinajstić information content (AvgIpc) is 1.57. The molecule has 0 unspecified atom stereocenters. The minimum Gasteiger partial charge on any atom is -0.489 e. The van der Waals surface area contributed by atoms with Crippen LogP contribution in [-0.4, -0.2) is 80.4 Å². The van der Waals surface area contributed by atoms with Crippen LogP contribution in [0.1, 0.15) is 126 Å². The largest absolute Gasteiger partial charge is 3.00 e. The summed E-state index contributed by atoms with van der Waals surface area (Å²) in [6, 6.07) is 89.6. The number of anilines is 2. The monoisotopic (exact) mass is 3230 g/mol. The summed E-state index contributed by atoms with van der Waals surface area (Å²) in [6.45, 7) is 36.7. The normalized spacial score (nSPS) is 11.7. The second kappa shape index (κ2) is 51.4. The summed E-state index contributed by atoms with van der Waals surface area (Å²) in [5.74, 6) is 4.20. The number of aromatic nitrogens is 17. The van der Waals surface area contributed by atoms with Crippen molar-refractivity contribution < 1.29 is 264 Å². The molecule has 745 valence electrons. The molecule has 0 fully saturated rings. The first-order valence-electron chi connectivity index (χ1n) is 44.5. The number of pyridine rings is 2. The van der Waals surface area contributed by atoms with E-state index in [4.69, 9.17) is 34.9 Å². The molecule has 0 amide bonds. The summed E-state index contributed by atoms with van der Waals surface area (Å²) in [5, 5.41) is 8.95. The smallest absolute Gasteiger partial charge is 0.489 e. The minimum atomic E-state index is 0. The number of para-hydroxylation sites is 6. The van der Waals surface area contributed by atoms with Crippen LogP contribution in [0, 0.1) is 118 Å². The first-order chi connectivity index (χ1) is 63.3. The Morgan fingerprint density at radius 3 is 1.54 bits per heavy atom. The Bertz CT molecular complexity index is 8710. The van der Waals surface area contributed by atoms with Crippen molar-refractivity contribution in [2.75, 3.05) is 9.80 Å². The van der Waals surface area contributed by atoms with Crippen LogP contribution in [0.25, 0.3) is 165 Å². The molecule has 10 aromatic carbocycles. The molecule has 2 aliphatic heterocycles. The number of rotatable bonds is 7. The fraction of sp³-hybridized carbons (Fsp3) is 0.191. The molecule has 9 radical (unpaired) electrons. The summed E-state index contributed by atoms with van der Waals surface area (Å²) < 4.78 is 17.6. The van der Waals surface area contributed by atoms with Gasteiger partial charge in [0.2, 0.25) is 11.6 Å². The van der Waals surface area contributed by atoms with E-state index in [1.54, 1.807) is 11.3 Å². The average molecular weight is 3230 g/mol. The number of aryl methyl sites for hydroxylation is 4. The van der Waals surface area contributed by atoms with Crippen LogP contribution in [0.2, 0.25) is 0 Å². The van der Waals surface area contributed by atoms with E-state index in [0.29, 0.717) is 5.92 Å². The van der Waals surface area contributed by atoms with Crippen LogP contribution in [0.5, 0.6) is 0 Å². The number of hydrogen-bond donors (Lipinski definition) is 0. The molecular weight excluding hydrogens is 3120 g/mol. The summed E-state index contributed by atoms with van der Waals surface area (Å²) in [6.07, 6.45) is 15.7. The van der Waals surface area contributed by atoms with E-state index in [2.05, 4.69) is 307 Å². The van der Waals surface area contributed by atoms with Gasteiger partial charge in [0.05, 0.1) is 71.6 Å². The van der Waals surface area contributed by atoms with Crippen molar-refractivity contribution >= 4 is 171 Å². The first-order valence-corrected chi connectivity index (χ1v) is 46.2. The maximum atomic E-state index is 5.35. The van der Waals surface area contributed by atoms with Gasteiger partial charge in [0.15, 0.2) is 10.5 Å². The van der Waals surface area contributed by atoms with Crippen molar-refractivity contribution in [2.24, 2.45) is 16.2 Å². The molecule has 0 atom stereocenters. The zero-order valence-corrected chi connectivity index (χ0v) is 113. The number of nitrogens with zero attached hydrogens (tertiary/aromatic N) is 19. The molecule has 0 N–H and O–H groups in total. The SMILES string of the molecule is CC(C)c1nc2c(nc3c4[c-]cccc4n4ccnc4n23)s1.Cc1cccc(C)c1-c1cnc2c3[c-]cccc3c3c(nc(CC(C)(C)C)n3CC(C)(C)C)n12.Cc1cccc(C)c1-c1cnc2c3[c-]cccc3c3cc(CC(C)(C)C)sc3n12.[CH3-].[CH3-].[CH3-].[CH3-].[CH3-].[Ir+3].[Ir].[Ir].[Ir].[Ir].[Y].[Y].[Y].[Y].[Y].[c-]1cccc2c1N1[CH-]N(c3ccccc3)C=C1c1nccn1-2.[c-]1cccc2c1c1nc3ccccc3n1c1nc3ccccc3n21. The van der Waals surface area contributed by atoms with Crippen molar-refractivity contribution in [3.05, 3.63) is 374 Å². The molecule has 14 aromatic heterocycles. The Balaban J connectivity index is 0.000000243. The van der Waals surface area contributed by atoms with Crippen molar-refractivity contribution in [3.63, 3.8) is 0 Å². The van der Waals surface area contributed by atoms with Crippen molar-refractivity contribution in [2.45, 2.75) is 129 Å². The first kappa shape index (κ1) is 127. The van der Waals surface area contributed by atoms with Gasteiger partial charge in [-0.15, -0.1) is 127 Å². The molecule has 16 heterocycles. The van der Waals surface area contributed by atoms with E-state index < -0.39 is 0 Å². The molecule has 146 heavy (non-hydrogen) atoms. The summed E-state index contributed by atoms with van der Waals surface area (Å²) in [7, 11) is 0. The number of hydrogen-bond acceptors (Lipinski definition) is 13. The van der Waals surface area contributed by atoms with Gasteiger partial charge in [0, 0.05) is 333 Å². The zero-order valence-electron chi connectivity index (χ0n) is 85.4. The Labute approximate surface area is 1060 Å². The van der Waals surface area contributed by atoms with Crippen molar-refractivity contribution in [3.8, 4) is 28.2 Å². The summed E-state index contributed by atoms with van der Waals surface area (Å²) in [5.41, 5.74) is 27.6. The molecular formula is C115H110Ir5N19S2Y5-8. The van der Waals surface area contributed by atoms with Crippen LogP contribution in [0.3, 0.4) is 0 Å². The molecule has 0 spiro atoms. The van der Waals surface area contributed by atoms with Gasteiger partial charge in [-0.25, -0.2) is 24.9 Å². The van der Waals surface area contributed by atoms with E-state index in [1.165, 1.54) is 70.5 Å². The van der Waals surface area contributed by atoms with E-state index in [-0.39, 0.29) is 317 Å². The van der Waals surface area contributed by atoms with Gasteiger partial charge < -0.3 is 78.1 Å². The van der Waals surface area contributed by atoms with E-state index >= 15 is 0 Å². The molecule has 19 nitrogen and oxygen atoms in total. The van der Waals surface area contributed by atoms with Gasteiger partial charge >= 0.3 is 20.1 Å². The molecule has 2 aliphatic rings. The Kier molecular flexibility index (Phi) is 44.7. The maximum absolute atomic E-state index is 5.35. The Morgan fingerprint density at radius 1 is 0.418 bits per heavy atom. The second-order valence-corrected chi connectivity index (χ2v) is 40.3. The van der Waals surface area contributed by atoms with Gasteiger partial charge in [-0.3, -0.25) is 24.3 Å². The van der Waals surface area contributed by atoms with E-state index in [9.17, 15) is 0 Å². The van der Waals surface area contributed by atoms with Gasteiger partial charge in [0.25, 0.3) is 0 Å². The quantitative estimate of drug-likeness (QED) is 0.140. The number of benzene rings is 10. The van der Waals surface area contributed by atoms with Crippen LogP contribution in [-0.2, 0) is 283 Å². The number of imidazole rings is 8. The molecule has 0 saturated carbocycles. The molecule has 0 aliphatic carbocycles. The van der Waals surface area contributed by atoms with Crippen molar-refractivity contribution in [1.82, 2.24) is 80.4 Å². The number of fused-ring (bicyclic) bond motifs is 36. The molecule has 26 rings (SSSR count). The van der Waals surface area contributed by atoms with Gasteiger partial charge in [0.1, 0.15) is 17.3 Å². The third kappa shape index (κ3) is 23.5. The topological polar surface area (TPSA) is 159 Å². The van der Waals surface area contributed by atoms with E-state index in [0.717, 1.165) is 169 Å². The second-order valence-electron chi connectivity index (χ2n) is 38.1. The predicted octanol–water partition coefficient (Wildman–Crippen LogP) is 28.5. The van der Waals surface area contributed by atoms with Crippen molar-refractivity contribution in [1.29, 1.82) is 0 Å². The maximum Gasteiger partial charge on any atom is 3.00 e. The third-order valence-electron chi connectivity index (χ3n) is 24.4. The number of thiazole rings is 1. The fourth-order valence-corrected chi connectivity index (χ4v) is 21.3. The zero-order chi connectivity index (χ0) is 89.8. The summed E-state index contributed by atoms with van der Waals surface area (Å²) >= 11 is 3.56. The fourth-order valence-electron chi connectivity index (χ4n) is 18.9. The van der Waals surface area contributed by atoms with Gasteiger partial charge in [-0.05, 0) is 137 Å². The van der Waals surface area contributed by atoms with Crippen LogP contribution < -0.4 is 9.80 Å². The van der Waals surface area contributed by atoms with Crippen LogP contribution in [0.4, 0.5) is 11.4 Å². The van der Waals surface area contributed by atoms with Gasteiger partial charge in [-0.1, -0.05) is 199 Å². The molecule has 0 bridgehead atoms. The van der Waals surface area contributed by atoms with Gasteiger partial charge in [-0.2, -0.15) is 18.2 Å². The minimum absolute atomic E-state index is 0. The molecule has 0 saturated heterocycles. The summed E-state index contributed by atoms with van der Waals surface area (Å²) in [4.78, 5) is 51.4. The number of thiophene rings is 1. The third-order valence-corrected chi connectivity index (χ3v) is 26.8. The van der Waals surface area contributed by atoms with E-state index in [1.807, 2.05) is 156 Å². The molecule has 24 aromatic rings. The van der Waals surface area contributed by atoms with Crippen LogP contribution >= 0.6 is 22.7 Å². The standard InChI is InChI=1S/C30H35N4.C26H25N2S.C20H11N4.C18H12N4.C16H12N5S.5CH3.5Ir.5Y/c1-19-12-11-13-20(2)25(19)23-17-31-27-22-15-10-9-14-21(22)26-28(34(23)27)32-24(16-29(3,4)5)33(26)18-30(6,7)8;1-16-9-8-10-17(2)23(16)22-15-27-24-20-12-7-6-11-19(20)21-13-18(14-26(3,4)5)29-25(21)28(22)24;1-4-10-16-13(7-1)19-21-14-8-2-6-12-18(14)24(19)20-22-15-9-3-5-11-17(15)23(16)20;1-2-6-14(7-3-1)20-12-17-18-19-10-11-21(18)15-8-4-5-9-16(15)22(17)13-20;1-9(2)14-19-13-15(22-14)18-12-10-5-3-4-6-11(10)20-8-7-17-16(20)21(12)13;;;;;;;;;;;;;;;/h9-14,17H,16,18H2,1-8H3;6-11,13,15H,14H2,1-5H3;1-6,8-12H;1-8,10-13H;3-4,6-9H,1-2H3;5*1H3;;;;;;;;;;/q3*-1;-2;6*-1;;;;;+3;;;;;.